The Morgan fingerprint density at radius 1 is 1.45 bits per heavy atom. The van der Waals surface area contributed by atoms with Crippen molar-refractivity contribution in [3.63, 3.8) is 0 Å². The van der Waals surface area contributed by atoms with Crippen molar-refractivity contribution in [3.05, 3.63) is 23.8 Å². The Bertz CT molecular complexity index is 497. The quantitative estimate of drug-likeness (QED) is 0.892. The van der Waals surface area contributed by atoms with E-state index in [-0.39, 0.29) is 5.91 Å². The van der Waals surface area contributed by atoms with Crippen LogP contribution in [0.25, 0.3) is 0 Å². The number of methoxy groups -OCH3 is 1. The van der Waals surface area contributed by atoms with Gasteiger partial charge in [-0.25, -0.2) is 0 Å². The molecule has 2 aliphatic rings. The van der Waals surface area contributed by atoms with Gasteiger partial charge in [0.1, 0.15) is 5.75 Å². The third-order valence-corrected chi connectivity index (χ3v) is 4.11. The Hall–Kier alpha value is -1.55. The lowest BCUT2D eigenvalue weighted by Crippen LogP contribution is -2.41. The minimum atomic E-state index is 0.178. The Labute approximate surface area is 120 Å². The zero-order valence-electron chi connectivity index (χ0n) is 12.0. The molecule has 1 aliphatic heterocycles. The normalized spacial score (nSPS) is 17.8. The van der Waals surface area contributed by atoms with Gasteiger partial charge in [-0.2, -0.15) is 0 Å². The molecular formula is C16H22N2O2. The van der Waals surface area contributed by atoms with E-state index in [1.54, 1.807) is 7.11 Å². The van der Waals surface area contributed by atoms with Crippen LogP contribution in [-0.4, -0.2) is 32.7 Å². The van der Waals surface area contributed by atoms with Crippen molar-refractivity contribution in [1.82, 2.24) is 5.32 Å². The zero-order chi connectivity index (χ0) is 13.9. The number of carbonyl (C=O) groups excluding carboxylic acids is 1. The molecule has 20 heavy (non-hydrogen) atoms. The lowest BCUT2D eigenvalue weighted by molar-refractivity contribution is -0.117. The molecule has 1 aromatic rings. The number of anilines is 1. The summed E-state index contributed by atoms with van der Waals surface area (Å²) in [6.07, 6.45) is 4.67. The summed E-state index contributed by atoms with van der Waals surface area (Å²) in [5.74, 6) is 1.85. The number of nitrogens with zero attached hydrogens (tertiary/aromatic N) is 1. The van der Waals surface area contributed by atoms with E-state index in [1.165, 1.54) is 18.4 Å². The highest BCUT2D eigenvalue weighted by molar-refractivity contribution is 5.96. The first kappa shape index (κ1) is 13.4. The van der Waals surface area contributed by atoms with Crippen LogP contribution in [0.5, 0.6) is 5.75 Å². The van der Waals surface area contributed by atoms with E-state index in [2.05, 4.69) is 5.32 Å². The van der Waals surface area contributed by atoms with Gasteiger partial charge in [-0.15, -0.1) is 0 Å². The number of fused-ring (bicyclic) bond motifs is 1. The number of aryl methyl sites for hydroxylation is 1. The summed E-state index contributed by atoms with van der Waals surface area (Å²) in [5.41, 5.74) is 2.27. The van der Waals surface area contributed by atoms with Crippen LogP contribution in [0.15, 0.2) is 18.2 Å². The molecule has 1 aromatic carbocycles. The molecule has 4 nitrogen and oxygen atoms in total. The van der Waals surface area contributed by atoms with Gasteiger partial charge in [0.15, 0.2) is 0 Å². The highest BCUT2D eigenvalue weighted by Crippen LogP contribution is 2.30. The highest BCUT2D eigenvalue weighted by Gasteiger charge is 2.24. The average molecular weight is 274 g/mol. The van der Waals surface area contributed by atoms with Gasteiger partial charge in [0.2, 0.25) is 5.91 Å². The van der Waals surface area contributed by atoms with Crippen LogP contribution in [0.4, 0.5) is 5.69 Å². The number of hydrogen-bond acceptors (Lipinski definition) is 3. The van der Waals surface area contributed by atoms with E-state index in [4.69, 9.17) is 4.74 Å². The maximum absolute atomic E-state index is 12.3. The molecule has 3 rings (SSSR count). The van der Waals surface area contributed by atoms with Gasteiger partial charge < -0.3 is 15.0 Å². The molecule has 0 unspecified atom stereocenters. The van der Waals surface area contributed by atoms with Crippen molar-refractivity contribution < 1.29 is 9.53 Å². The molecule has 108 valence electrons. The van der Waals surface area contributed by atoms with Crippen molar-refractivity contribution in [1.29, 1.82) is 0 Å². The molecule has 1 aliphatic carbocycles. The Balaban J connectivity index is 1.66. The molecule has 0 bridgehead atoms. The maximum Gasteiger partial charge on any atom is 0.240 e. The summed E-state index contributed by atoms with van der Waals surface area (Å²) in [6.45, 7) is 2.25. The lowest BCUT2D eigenvalue weighted by atomic mass is 10.0. The topological polar surface area (TPSA) is 41.6 Å². The Morgan fingerprint density at radius 2 is 2.30 bits per heavy atom. The summed E-state index contributed by atoms with van der Waals surface area (Å²) in [7, 11) is 1.68. The minimum absolute atomic E-state index is 0.178. The molecule has 1 fully saturated rings. The summed E-state index contributed by atoms with van der Waals surface area (Å²) in [6, 6.07) is 5.99. The van der Waals surface area contributed by atoms with Gasteiger partial charge >= 0.3 is 0 Å². The second kappa shape index (κ2) is 5.83. The van der Waals surface area contributed by atoms with Gasteiger partial charge in [0.25, 0.3) is 0 Å². The molecule has 0 radical (unpaired) electrons. The first-order valence-electron chi connectivity index (χ1n) is 7.46. The molecule has 0 spiro atoms. The van der Waals surface area contributed by atoms with Gasteiger partial charge in [0, 0.05) is 12.2 Å². The van der Waals surface area contributed by atoms with Crippen LogP contribution in [0.3, 0.4) is 0 Å². The number of amides is 1. The Kier molecular flexibility index (Phi) is 3.92. The second-order valence-corrected chi connectivity index (χ2v) is 5.72. The lowest BCUT2D eigenvalue weighted by Gasteiger charge is -2.30. The minimum Gasteiger partial charge on any atom is -0.497 e. The van der Waals surface area contributed by atoms with Crippen molar-refractivity contribution in [3.8, 4) is 5.75 Å². The van der Waals surface area contributed by atoms with E-state index in [1.807, 2.05) is 23.1 Å². The van der Waals surface area contributed by atoms with Gasteiger partial charge in [-0.1, -0.05) is 0 Å². The van der Waals surface area contributed by atoms with Gasteiger partial charge in [0.05, 0.1) is 13.7 Å². The Morgan fingerprint density at radius 3 is 3.05 bits per heavy atom. The van der Waals surface area contributed by atoms with Crippen LogP contribution in [0.2, 0.25) is 0 Å². The molecule has 1 amide bonds. The smallest absolute Gasteiger partial charge is 0.240 e. The summed E-state index contributed by atoms with van der Waals surface area (Å²) in [4.78, 5) is 14.3. The fraction of sp³-hybridized carbons (Fsp3) is 0.562. The zero-order valence-corrected chi connectivity index (χ0v) is 12.0. The van der Waals surface area contributed by atoms with Crippen molar-refractivity contribution >= 4 is 11.6 Å². The molecular weight excluding hydrogens is 252 g/mol. The first-order valence-corrected chi connectivity index (χ1v) is 7.46. The fourth-order valence-corrected chi connectivity index (χ4v) is 2.76. The van der Waals surface area contributed by atoms with E-state index in [9.17, 15) is 4.79 Å². The van der Waals surface area contributed by atoms with Crippen LogP contribution >= 0.6 is 0 Å². The maximum atomic E-state index is 12.3. The van der Waals surface area contributed by atoms with Crippen LogP contribution in [-0.2, 0) is 11.2 Å². The third kappa shape index (κ3) is 2.96. The summed E-state index contributed by atoms with van der Waals surface area (Å²) >= 11 is 0. The fourth-order valence-electron chi connectivity index (χ4n) is 2.76. The molecule has 1 saturated carbocycles. The van der Waals surface area contributed by atoms with Gasteiger partial charge in [-0.3, -0.25) is 4.79 Å². The molecule has 4 heteroatoms. The number of rotatable bonds is 5. The predicted octanol–water partition coefficient (Wildman–Crippen LogP) is 1.97. The van der Waals surface area contributed by atoms with E-state index in [0.29, 0.717) is 6.54 Å². The van der Waals surface area contributed by atoms with Crippen LogP contribution in [0, 0.1) is 5.92 Å². The van der Waals surface area contributed by atoms with Crippen molar-refractivity contribution in [2.24, 2.45) is 5.92 Å². The molecule has 0 saturated heterocycles. The summed E-state index contributed by atoms with van der Waals surface area (Å²) < 4.78 is 5.26. The second-order valence-electron chi connectivity index (χ2n) is 5.72. The largest absolute Gasteiger partial charge is 0.497 e. The average Bonchev–Trinajstić information content (AvgIpc) is 3.30. The number of hydrogen-bond donors (Lipinski definition) is 1. The SMILES string of the molecule is COc1ccc2c(c1)CCCN2C(=O)CNCC1CC1. The standard InChI is InChI=1S/C16H22N2O2/c1-20-14-6-7-15-13(9-14)3-2-8-18(15)16(19)11-17-10-12-4-5-12/h6-7,9,12,17H,2-5,8,10-11H2,1H3. The number of ether oxygens (including phenoxy) is 1. The monoisotopic (exact) mass is 274 g/mol. The third-order valence-electron chi connectivity index (χ3n) is 4.11. The van der Waals surface area contributed by atoms with Crippen molar-refractivity contribution in [2.45, 2.75) is 25.7 Å². The van der Waals surface area contributed by atoms with Gasteiger partial charge in [-0.05, 0) is 61.9 Å². The van der Waals surface area contributed by atoms with Crippen molar-refractivity contribution in [2.75, 3.05) is 31.6 Å². The molecule has 0 atom stereocenters. The van der Waals surface area contributed by atoms with E-state index < -0.39 is 0 Å². The molecule has 1 heterocycles. The number of benzene rings is 1. The molecule has 1 N–H and O–H groups in total. The van der Waals surface area contributed by atoms with E-state index in [0.717, 1.165) is 43.3 Å². The first-order chi connectivity index (χ1) is 9.78. The van der Waals surface area contributed by atoms with E-state index >= 15 is 0 Å². The molecule has 0 aromatic heterocycles. The van der Waals surface area contributed by atoms with Crippen LogP contribution < -0.4 is 15.0 Å². The number of carbonyl (C=O) groups is 1. The number of nitrogens with one attached hydrogen (secondary N) is 1. The predicted molar refractivity (Wildman–Crippen MR) is 79.3 cm³/mol. The highest BCUT2D eigenvalue weighted by atomic mass is 16.5. The van der Waals surface area contributed by atoms with Crippen LogP contribution in [0.1, 0.15) is 24.8 Å². The summed E-state index contributed by atoms with van der Waals surface area (Å²) in [5, 5.41) is 3.28.